The Balaban J connectivity index is 1.98. The first kappa shape index (κ1) is 13.1. The molecule has 0 bridgehead atoms. The molecular formula is C13H14N3O3-. The number of aliphatic carboxylic acids is 1. The van der Waals surface area contributed by atoms with Gasteiger partial charge in [0.2, 0.25) is 0 Å². The van der Waals surface area contributed by atoms with E-state index < -0.39 is 12.0 Å². The van der Waals surface area contributed by atoms with Gasteiger partial charge in [0.1, 0.15) is 6.04 Å². The Morgan fingerprint density at radius 1 is 1.47 bits per heavy atom. The monoisotopic (exact) mass is 260 g/mol. The van der Waals surface area contributed by atoms with Gasteiger partial charge >= 0.3 is 5.97 Å². The Labute approximate surface area is 110 Å². The first-order valence-electron chi connectivity index (χ1n) is 5.85. The number of H-pyrrole nitrogens is 1. The topological polar surface area (TPSA) is 101 Å². The van der Waals surface area contributed by atoms with Crippen LogP contribution in [0.2, 0.25) is 0 Å². The molecule has 0 amide bonds. The van der Waals surface area contributed by atoms with Crippen molar-refractivity contribution >= 4 is 5.97 Å². The van der Waals surface area contributed by atoms with Crippen molar-refractivity contribution in [2.45, 2.75) is 19.0 Å². The zero-order chi connectivity index (χ0) is 13.7. The Bertz CT molecular complexity index is 540. The smallest absolute Gasteiger partial charge is 0.321 e. The standard InChI is InChI=1S/C13H15N3O3/c17-12-4-2-1-3-9(12)6-15-11(13(18)19)5-10-7-14-8-16-10/h1-4,7-8,11,15,17H,5-6H2,(H,14,16)(H,18,19)/p-1. The minimum atomic E-state index is -0.960. The van der Waals surface area contributed by atoms with Gasteiger partial charge in [-0.05, 0) is 5.56 Å². The molecule has 0 aliphatic carbocycles. The van der Waals surface area contributed by atoms with Crippen molar-refractivity contribution in [2.24, 2.45) is 0 Å². The van der Waals surface area contributed by atoms with E-state index >= 15 is 0 Å². The van der Waals surface area contributed by atoms with E-state index in [1.165, 1.54) is 12.4 Å². The molecular weight excluding hydrogens is 246 g/mol. The molecule has 19 heavy (non-hydrogen) atoms. The van der Waals surface area contributed by atoms with E-state index in [1.807, 2.05) is 0 Å². The molecule has 6 nitrogen and oxygen atoms in total. The second-order valence-corrected chi connectivity index (χ2v) is 4.16. The summed E-state index contributed by atoms with van der Waals surface area (Å²) in [6, 6.07) is 5.79. The summed E-state index contributed by atoms with van der Waals surface area (Å²) >= 11 is 0. The molecule has 1 heterocycles. The predicted molar refractivity (Wildman–Crippen MR) is 66.4 cm³/mol. The number of para-hydroxylation sites is 1. The van der Waals surface area contributed by atoms with Gasteiger partial charge in [-0.1, -0.05) is 24.3 Å². The van der Waals surface area contributed by atoms with E-state index in [4.69, 9.17) is 5.11 Å². The van der Waals surface area contributed by atoms with Crippen molar-refractivity contribution in [1.82, 2.24) is 15.3 Å². The molecule has 3 N–H and O–H groups in total. The van der Waals surface area contributed by atoms with E-state index in [0.717, 1.165) is 5.69 Å². The maximum atomic E-state index is 11.5. The number of hydrogen-bond acceptors (Lipinski definition) is 4. The summed E-state index contributed by atoms with van der Waals surface area (Å²) < 4.78 is 0. The number of nitrogens with one attached hydrogen (secondary N) is 2. The van der Waals surface area contributed by atoms with Gasteiger partial charge in [-0.2, -0.15) is 0 Å². The Morgan fingerprint density at radius 3 is 2.89 bits per heavy atom. The number of carboxylic acids is 1. The second-order valence-electron chi connectivity index (χ2n) is 4.16. The summed E-state index contributed by atoms with van der Waals surface area (Å²) in [5.74, 6) is -1.06. The van der Waals surface area contributed by atoms with E-state index in [2.05, 4.69) is 15.3 Å². The summed E-state index contributed by atoms with van der Waals surface area (Å²) in [7, 11) is 0. The molecule has 0 fully saturated rings. The van der Waals surface area contributed by atoms with Crippen molar-refractivity contribution in [3.05, 3.63) is 48.0 Å². The van der Waals surface area contributed by atoms with Crippen molar-refractivity contribution in [2.75, 3.05) is 0 Å². The molecule has 0 spiro atoms. The van der Waals surface area contributed by atoms with Crippen LogP contribution < -0.4 is 10.4 Å². The number of benzene rings is 1. The fraction of sp³-hybridized carbons (Fsp3) is 0.231. The lowest BCUT2D eigenvalue weighted by Crippen LogP contribution is -2.38. The summed E-state index contributed by atoms with van der Waals surface area (Å²) in [6.45, 7) is 0.227. The highest BCUT2D eigenvalue weighted by atomic mass is 16.4. The maximum Gasteiger partial charge on any atom is 0.321 e. The molecule has 2 aromatic rings. The van der Waals surface area contributed by atoms with Crippen LogP contribution in [0, 0.1) is 0 Å². The van der Waals surface area contributed by atoms with Gasteiger partial charge in [0.15, 0.2) is 0 Å². The molecule has 0 radical (unpaired) electrons. The Kier molecular flexibility index (Phi) is 4.15. The largest absolute Gasteiger partial charge is 0.872 e. The molecule has 100 valence electrons. The second kappa shape index (κ2) is 6.01. The van der Waals surface area contributed by atoms with Gasteiger partial charge in [0.25, 0.3) is 0 Å². The fourth-order valence-electron chi connectivity index (χ4n) is 1.75. The van der Waals surface area contributed by atoms with Gasteiger partial charge in [-0.25, -0.2) is 4.98 Å². The van der Waals surface area contributed by atoms with Gasteiger partial charge in [-0.15, -0.1) is 5.75 Å². The number of hydrogen-bond donors (Lipinski definition) is 3. The summed E-state index contributed by atoms with van der Waals surface area (Å²) in [4.78, 5) is 17.9. The minimum Gasteiger partial charge on any atom is -0.872 e. The normalized spacial score (nSPS) is 12.2. The van der Waals surface area contributed by atoms with Gasteiger partial charge < -0.3 is 15.2 Å². The van der Waals surface area contributed by atoms with E-state index in [1.54, 1.807) is 24.4 Å². The Hall–Kier alpha value is -2.34. The molecule has 0 saturated heterocycles. The molecule has 1 atom stereocenters. The molecule has 0 aliphatic heterocycles. The zero-order valence-electron chi connectivity index (χ0n) is 10.2. The average Bonchev–Trinajstić information content (AvgIpc) is 2.88. The Morgan fingerprint density at radius 2 is 2.26 bits per heavy atom. The van der Waals surface area contributed by atoms with Crippen LogP contribution in [0.15, 0.2) is 36.8 Å². The van der Waals surface area contributed by atoms with Crippen LogP contribution in [0.1, 0.15) is 11.3 Å². The molecule has 1 aromatic carbocycles. The van der Waals surface area contributed by atoms with E-state index in [-0.39, 0.29) is 18.7 Å². The quantitative estimate of drug-likeness (QED) is 0.692. The van der Waals surface area contributed by atoms with Gasteiger partial charge in [-0.3, -0.25) is 10.1 Å². The van der Waals surface area contributed by atoms with Crippen LogP contribution in [0.5, 0.6) is 5.75 Å². The first-order valence-corrected chi connectivity index (χ1v) is 5.85. The third-order valence-corrected chi connectivity index (χ3v) is 2.79. The van der Waals surface area contributed by atoms with Crippen molar-refractivity contribution < 1.29 is 15.0 Å². The highest BCUT2D eigenvalue weighted by molar-refractivity contribution is 5.73. The molecule has 0 aliphatic rings. The first-order chi connectivity index (χ1) is 9.16. The lowest BCUT2D eigenvalue weighted by Gasteiger charge is -2.17. The summed E-state index contributed by atoms with van der Waals surface area (Å²) in [6.07, 6.45) is 3.37. The van der Waals surface area contributed by atoms with Crippen molar-refractivity contribution in [3.8, 4) is 5.75 Å². The molecule has 1 unspecified atom stereocenters. The molecule has 0 saturated carbocycles. The number of aromatic nitrogens is 2. The van der Waals surface area contributed by atoms with Crippen LogP contribution >= 0.6 is 0 Å². The van der Waals surface area contributed by atoms with Crippen LogP contribution in [-0.2, 0) is 17.8 Å². The fourth-order valence-corrected chi connectivity index (χ4v) is 1.75. The maximum absolute atomic E-state index is 11.5. The molecule has 6 heteroatoms. The van der Waals surface area contributed by atoms with Gasteiger partial charge in [0.05, 0.1) is 6.33 Å². The number of carboxylic acid groups (broad SMARTS) is 1. The van der Waals surface area contributed by atoms with E-state index in [0.29, 0.717) is 5.56 Å². The van der Waals surface area contributed by atoms with Crippen molar-refractivity contribution in [1.29, 1.82) is 0 Å². The zero-order valence-corrected chi connectivity index (χ0v) is 10.2. The van der Waals surface area contributed by atoms with Crippen molar-refractivity contribution in [3.63, 3.8) is 0 Å². The molecule has 1 aromatic heterocycles. The van der Waals surface area contributed by atoms with Crippen LogP contribution in [-0.4, -0.2) is 27.1 Å². The number of carbonyl (C=O) groups is 1. The third kappa shape index (κ3) is 3.56. The highest BCUT2D eigenvalue weighted by Gasteiger charge is 2.17. The lowest BCUT2D eigenvalue weighted by atomic mass is 10.1. The predicted octanol–water partition coefficient (Wildman–Crippen LogP) is 0.269. The average molecular weight is 260 g/mol. The lowest BCUT2D eigenvalue weighted by molar-refractivity contribution is -0.269. The van der Waals surface area contributed by atoms with E-state index in [9.17, 15) is 9.90 Å². The SMILES string of the molecule is O=C(O)C(Cc1cnc[nH]1)NCc1ccccc1[O-]. The van der Waals surface area contributed by atoms with Crippen LogP contribution in [0.3, 0.4) is 0 Å². The number of aromatic amines is 1. The van der Waals surface area contributed by atoms with Gasteiger partial charge in [0, 0.05) is 24.9 Å². The van der Waals surface area contributed by atoms with Crippen LogP contribution in [0.25, 0.3) is 0 Å². The third-order valence-electron chi connectivity index (χ3n) is 2.79. The highest BCUT2D eigenvalue weighted by Crippen LogP contribution is 2.12. The number of nitrogens with zero attached hydrogens (tertiary/aromatic N) is 1. The summed E-state index contributed by atoms with van der Waals surface area (Å²) in [5.41, 5.74) is 1.29. The number of rotatable bonds is 6. The molecule has 2 rings (SSSR count). The summed E-state index contributed by atoms with van der Waals surface area (Å²) in [5, 5.41) is 23.5. The minimum absolute atomic E-state index is 0.0966. The van der Waals surface area contributed by atoms with Crippen LogP contribution in [0.4, 0.5) is 0 Å². The number of imidazole rings is 1.